The predicted molar refractivity (Wildman–Crippen MR) is 117 cm³/mol. The summed E-state index contributed by atoms with van der Waals surface area (Å²) in [6.07, 6.45) is 1.88. The Labute approximate surface area is 174 Å². The highest BCUT2D eigenvalue weighted by atomic mass is 32.2. The van der Waals surface area contributed by atoms with Crippen LogP contribution >= 0.6 is 0 Å². The molecule has 1 fully saturated rings. The van der Waals surface area contributed by atoms with E-state index in [0.717, 1.165) is 30.9 Å². The molecule has 0 aromatic heterocycles. The van der Waals surface area contributed by atoms with Crippen molar-refractivity contribution in [3.8, 4) is 0 Å². The van der Waals surface area contributed by atoms with E-state index >= 15 is 0 Å². The summed E-state index contributed by atoms with van der Waals surface area (Å²) >= 11 is 0. The summed E-state index contributed by atoms with van der Waals surface area (Å²) in [6, 6.07) is 17.4. The second-order valence-corrected chi connectivity index (χ2v) is 9.16. The molecule has 0 radical (unpaired) electrons. The molecule has 0 spiro atoms. The van der Waals surface area contributed by atoms with Gasteiger partial charge in [0.2, 0.25) is 10.0 Å². The lowest BCUT2D eigenvalue weighted by atomic mass is 10.1. The Kier molecular flexibility index (Phi) is 7.28. The normalized spacial score (nSPS) is 16.6. The minimum Gasteiger partial charge on any atom is -0.357 e. The van der Waals surface area contributed by atoms with Crippen LogP contribution in [0.4, 0.5) is 0 Å². The van der Waals surface area contributed by atoms with Crippen molar-refractivity contribution in [2.75, 3.05) is 19.6 Å². The van der Waals surface area contributed by atoms with Crippen LogP contribution in [0.1, 0.15) is 43.9 Å². The van der Waals surface area contributed by atoms with Crippen LogP contribution in [0.2, 0.25) is 0 Å². The van der Waals surface area contributed by atoms with Gasteiger partial charge in [-0.2, -0.15) is 4.31 Å². The average Bonchev–Trinajstić information content (AvgIpc) is 3.29. The zero-order chi connectivity index (χ0) is 20.7. The van der Waals surface area contributed by atoms with E-state index in [-0.39, 0.29) is 6.04 Å². The molecule has 0 aliphatic carbocycles. The molecule has 29 heavy (non-hydrogen) atoms. The second kappa shape index (κ2) is 9.89. The Bertz CT molecular complexity index is 906. The van der Waals surface area contributed by atoms with Crippen molar-refractivity contribution < 1.29 is 8.42 Å². The largest absolute Gasteiger partial charge is 0.357 e. The predicted octanol–water partition coefficient (Wildman–Crippen LogP) is 3.29. The van der Waals surface area contributed by atoms with E-state index in [9.17, 15) is 8.42 Å². The van der Waals surface area contributed by atoms with Crippen LogP contribution in [0.3, 0.4) is 0 Å². The summed E-state index contributed by atoms with van der Waals surface area (Å²) in [6.45, 7) is 6.60. The van der Waals surface area contributed by atoms with Crippen molar-refractivity contribution in [3.05, 3.63) is 65.7 Å². The van der Waals surface area contributed by atoms with Gasteiger partial charge in [0.25, 0.3) is 0 Å². The number of aliphatic imine (C=N–C) groups is 1. The first kappa shape index (κ1) is 21.3. The molecular formula is C22H30N4O2S. The van der Waals surface area contributed by atoms with Gasteiger partial charge in [-0.15, -0.1) is 0 Å². The van der Waals surface area contributed by atoms with E-state index in [1.54, 1.807) is 16.4 Å². The van der Waals surface area contributed by atoms with E-state index in [1.165, 1.54) is 5.56 Å². The maximum atomic E-state index is 12.6. The van der Waals surface area contributed by atoms with E-state index in [0.29, 0.717) is 24.5 Å². The Morgan fingerprint density at radius 1 is 1.07 bits per heavy atom. The maximum Gasteiger partial charge on any atom is 0.243 e. The van der Waals surface area contributed by atoms with E-state index in [1.807, 2.05) is 37.3 Å². The fraction of sp³-hybridized carbons (Fsp3) is 0.409. The Morgan fingerprint density at radius 2 is 1.72 bits per heavy atom. The average molecular weight is 415 g/mol. The minimum absolute atomic E-state index is 0.127. The molecule has 156 valence electrons. The molecule has 0 bridgehead atoms. The highest BCUT2D eigenvalue weighted by molar-refractivity contribution is 7.89. The molecule has 1 heterocycles. The van der Waals surface area contributed by atoms with Gasteiger partial charge in [-0.1, -0.05) is 42.5 Å². The summed E-state index contributed by atoms with van der Waals surface area (Å²) < 4.78 is 26.8. The molecule has 1 aliphatic rings. The number of nitrogens with one attached hydrogen (secondary N) is 2. The summed E-state index contributed by atoms with van der Waals surface area (Å²) in [4.78, 5) is 5.01. The molecule has 3 rings (SSSR count). The van der Waals surface area contributed by atoms with Gasteiger partial charge >= 0.3 is 0 Å². The Hall–Kier alpha value is -2.38. The van der Waals surface area contributed by atoms with E-state index < -0.39 is 10.0 Å². The fourth-order valence-corrected chi connectivity index (χ4v) is 4.88. The van der Waals surface area contributed by atoms with Gasteiger partial charge in [-0.05, 0) is 49.9 Å². The van der Waals surface area contributed by atoms with Crippen LogP contribution in [0.5, 0.6) is 0 Å². The lowest BCUT2D eigenvalue weighted by molar-refractivity contribution is 0.477. The molecule has 1 aliphatic heterocycles. The highest BCUT2D eigenvalue weighted by Crippen LogP contribution is 2.21. The SMILES string of the molecule is CCNC(=NCc1ccc(S(=O)(=O)N2CCCC2)cc1)NC(C)c1ccccc1. The number of benzene rings is 2. The van der Waals surface area contributed by atoms with Crippen molar-refractivity contribution in [2.45, 2.75) is 44.2 Å². The highest BCUT2D eigenvalue weighted by Gasteiger charge is 2.26. The third-order valence-corrected chi connectivity index (χ3v) is 6.96. The van der Waals surface area contributed by atoms with Gasteiger partial charge in [-0.25, -0.2) is 13.4 Å². The van der Waals surface area contributed by atoms with E-state index in [2.05, 4.69) is 34.7 Å². The van der Waals surface area contributed by atoms with Gasteiger partial charge in [0, 0.05) is 19.6 Å². The molecule has 0 saturated carbocycles. The molecule has 7 heteroatoms. The quantitative estimate of drug-likeness (QED) is 0.539. The number of hydrogen-bond donors (Lipinski definition) is 2. The van der Waals surface area contributed by atoms with Crippen LogP contribution in [0.15, 0.2) is 64.5 Å². The van der Waals surface area contributed by atoms with Crippen LogP contribution in [0.25, 0.3) is 0 Å². The minimum atomic E-state index is -3.37. The molecule has 1 unspecified atom stereocenters. The number of guanidine groups is 1. The van der Waals surface area contributed by atoms with Crippen LogP contribution in [-0.4, -0.2) is 38.3 Å². The number of rotatable bonds is 7. The molecule has 2 aromatic rings. The van der Waals surface area contributed by atoms with Gasteiger partial charge in [-0.3, -0.25) is 0 Å². The molecule has 6 nitrogen and oxygen atoms in total. The third-order valence-electron chi connectivity index (χ3n) is 5.04. The molecule has 0 amide bonds. The van der Waals surface area contributed by atoms with Crippen LogP contribution in [0, 0.1) is 0 Å². The van der Waals surface area contributed by atoms with Crippen molar-refractivity contribution >= 4 is 16.0 Å². The van der Waals surface area contributed by atoms with Crippen molar-refractivity contribution in [2.24, 2.45) is 4.99 Å². The first-order valence-corrected chi connectivity index (χ1v) is 11.6. The smallest absolute Gasteiger partial charge is 0.243 e. The number of nitrogens with zero attached hydrogens (tertiary/aromatic N) is 2. The van der Waals surface area contributed by atoms with Gasteiger partial charge in [0.05, 0.1) is 17.5 Å². The molecule has 1 atom stereocenters. The van der Waals surface area contributed by atoms with Gasteiger partial charge in [0.1, 0.15) is 0 Å². The number of hydrogen-bond acceptors (Lipinski definition) is 3. The third kappa shape index (κ3) is 5.58. The topological polar surface area (TPSA) is 73.8 Å². The molecule has 2 N–H and O–H groups in total. The number of sulfonamides is 1. The fourth-order valence-electron chi connectivity index (χ4n) is 3.36. The lowest BCUT2D eigenvalue weighted by Gasteiger charge is -2.18. The van der Waals surface area contributed by atoms with Crippen molar-refractivity contribution in [1.82, 2.24) is 14.9 Å². The maximum absolute atomic E-state index is 12.6. The first-order valence-electron chi connectivity index (χ1n) is 10.2. The van der Waals surface area contributed by atoms with Crippen molar-refractivity contribution in [3.63, 3.8) is 0 Å². The Morgan fingerprint density at radius 3 is 2.34 bits per heavy atom. The summed E-state index contributed by atoms with van der Waals surface area (Å²) in [5, 5.41) is 6.68. The monoisotopic (exact) mass is 414 g/mol. The van der Waals surface area contributed by atoms with Crippen LogP contribution < -0.4 is 10.6 Å². The standard InChI is InChI=1S/C22H30N4O2S/c1-3-23-22(25-18(2)20-9-5-4-6-10-20)24-17-19-11-13-21(14-12-19)29(27,28)26-15-7-8-16-26/h4-6,9-14,18H,3,7-8,15-17H2,1-2H3,(H2,23,24,25). The van der Waals surface area contributed by atoms with E-state index in [4.69, 9.17) is 0 Å². The first-order chi connectivity index (χ1) is 14.0. The lowest BCUT2D eigenvalue weighted by Crippen LogP contribution is -2.38. The van der Waals surface area contributed by atoms with Crippen LogP contribution in [-0.2, 0) is 16.6 Å². The molecular weight excluding hydrogens is 384 g/mol. The zero-order valence-electron chi connectivity index (χ0n) is 17.1. The summed E-state index contributed by atoms with van der Waals surface area (Å²) in [7, 11) is -3.37. The van der Waals surface area contributed by atoms with Gasteiger partial charge < -0.3 is 10.6 Å². The summed E-state index contributed by atoms with van der Waals surface area (Å²) in [5.74, 6) is 0.734. The molecule has 1 saturated heterocycles. The van der Waals surface area contributed by atoms with Gasteiger partial charge in [0.15, 0.2) is 5.96 Å². The molecule has 2 aromatic carbocycles. The zero-order valence-corrected chi connectivity index (χ0v) is 18.0. The second-order valence-electron chi connectivity index (χ2n) is 7.23. The summed E-state index contributed by atoms with van der Waals surface area (Å²) in [5.41, 5.74) is 2.16. The Balaban J connectivity index is 1.66. The van der Waals surface area contributed by atoms with Crippen molar-refractivity contribution in [1.29, 1.82) is 0 Å².